The van der Waals surface area contributed by atoms with Gasteiger partial charge in [-0.2, -0.15) is 0 Å². The third kappa shape index (κ3) is 7.51. The van der Waals surface area contributed by atoms with E-state index in [9.17, 15) is 4.79 Å². The highest BCUT2D eigenvalue weighted by Crippen LogP contribution is 2.02. The molecule has 0 rings (SSSR count). The fraction of sp³-hybridized carbons (Fsp3) is 0.444. The van der Waals surface area contributed by atoms with Gasteiger partial charge in [-0.15, -0.1) is 6.58 Å². The van der Waals surface area contributed by atoms with Crippen molar-refractivity contribution in [3.05, 3.63) is 24.8 Å². The summed E-state index contributed by atoms with van der Waals surface area (Å²) in [6.07, 6.45) is 6.33. The van der Waals surface area contributed by atoms with Crippen LogP contribution in [-0.2, 0) is 4.79 Å². The zero-order valence-corrected chi connectivity index (χ0v) is 7.63. The molecule has 0 aromatic heterocycles. The number of carbonyl (C=O) groups is 1. The minimum atomic E-state index is -0.459. The molecule has 0 radical (unpaired) electrons. The van der Waals surface area contributed by atoms with Gasteiger partial charge in [-0.3, -0.25) is 4.79 Å². The lowest BCUT2D eigenvalue weighted by molar-refractivity contribution is -0.107. The molecule has 68 valence electrons. The van der Waals surface area contributed by atoms with Crippen molar-refractivity contribution in [2.45, 2.75) is 25.4 Å². The van der Waals surface area contributed by atoms with Gasteiger partial charge in [0.1, 0.15) is 0 Å². The van der Waals surface area contributed by atoms with Crippen LogP contribution in [0.5, 0.6) is 0 Å². The summed E-state index contributed by atoms with van der Waals surface area (Å²) in [5.41, 5.74) is 0. The molecule has 0 saturated carbocycles. The monoisotopic (exact) mass is 188 g/mol. The number of unbranched alkanes of at least 4 members (excludes halogenated alkanes) is 1. The number of aliphatic hydroxyl groups excluding tert-OH is 1. The maximum absolute atomic E-state index is 10.2. The van der Waals surface area contributed by atoms with E-state index < -0.39 is 11.3 Å². The Labute approximate surface area is 77.5 Å². The lowest BCUT2D eigenvalue weighted by Crippen LogP contribution is -1.99. The fourth-order valence-corrected chi connectivity index (χ4v) is 0.828. The second-order valence-corrected chi connectivity index (χ2v) is 2.81. The first-order chi connectivity index (χ1) is 5.66. The second-order valence-electron chi connectivity index (χ2n) is 2.44. The van der Waals surface area contributed by atoms with Crippen molar-refractivity contribution in [1.82, 2.24) is 0 Å². The molecule has 12 heavy (non-hydrogen) atoms. The lowest BCUT2D eigenvalue weighted by atomic mass is 10.1. The van der Waals surface area contributed by atoms with Crippen LogP contribution >= 0.6 is 11.6 Å². The van der Waals surface area contributed by atoms with Crippen LogP contribution in [0.25, 0.3) is 0 Å². The molecule has 2 nitrogen and oxygen atoms in total. The number of allylic oxidation sites excluding steroid dienone is 2. The highest BCUT2D eigenvalue weighted by atomic mass is 35.5. The Morgan fingerprint density at radius 2 is 2.33 bits per heavy atom. The highest BCUT2D eigenvalue weighted by molar-refractivity contribution is 6.66. The summed E-state index contributed by atoms with van der Waals surface area (Å²) in [5.74, 6) is 0. The highest BCUT2D eigenvalue weighted by Gasteiger charge is 1.95. The van der Waals surface area contributed by atoms with E-state index in [1.807, 2.05) is 0 Å². The van der Waals surface area contributed by atoms with Crippen LogP contribution in [0.15, 0.2) is 24.8 Å². The van der Waals surface area contributed by atoms with Crippen LogP contribution in [-0.4, -0.2) is 16.5 Å². The molecule has 0 heterocycles. The first kappa shape index (κ1) is 11.4. The minimum absolute atomic E-state index is 0.440. The largest absolute Gasteiger partial charge is 0.389 e. The molecule has 3 heteroatoms. The zero-order valence-electron chi connectivity index (χ0n) is 6.87. The van der Waals surface area contributed by atoms with Crippen molar-refractivity contribution in [2.75, 3.05) is 0 Å². The van der Waals surface area contributed by atoms with E-state index in [0.29, 0.717) is 6.42 Å². The van der Waals surface area contributed by atoms with E-state index in [4.69, 9.17) is 16.7 Å². The summed E-state index contributed by atoms with van der Waals surface area (Å²) in [6.45, 7) is 3.44. The van der Waals surface area contributed by atoms with Gasteiger partial charge < -0.3 is 5.11 Å². The maximum Gasteiger partial charge on any atom is 0.244 e. The summed E-state index contributed by atoms with van der Waals surface area (Å²) >= 11 is 5.06. The van der Waals surface area contributed by atoms with Crippen molar-refractivity contribution in [2.24, 2.45) is 0 Å². The molecular formula is C9H13ClO2. The number of rotatable bonds is 6. The average Bonchev–Trinajstić information content (AvgIpc) is 2.03. The van der Waals surface area contributed by atoms with Crippen molar-refractivity contribution >= 4 is 16.8 Å². The van der Waals surface area contributed by atoms with Crippen LogP contribution < -0.4 is 0 Å². The SMILES string of the molecule is C=C[C@H](O)CCC/C=C/C(=O)Cl. The zero-order chi connectivity index (χ0) is 9.40. The topological polar surface area (TPSA) is 37.3 Å². The van der Waals surface area contributed by atoms with Crippen LogP contribution in [0.3, 0.4) is 0 Å². The molecule has 0 aliphatic heterocycles. The number of aliphatic hydroxyl groups is 1. The molecule has 0 aromatic rings. The molecule has 1 N–H and O–H groups in total. The Morgan fingerprint density at radius 3 is 2.83 bits per heavy atom. The van der Waals surface area contributed by atoms with E-state index in [2.05, 4.69) is 6.58 Å². The van der Waals surface area contributed by atoms with Crippen molar-refractivity contribution in [1.29, 1.82) is 0 Å². The molecule has 0 amide bonds. The smallest absolute Gasteiger partial charge is 0.244 e. The summed E-state index contributed by atoms with van der Waals surface area (Å²) in [5, 5.41) is 8.57. The van der Waals surface area contributed by atoms with Crippen LogP contribution in [0.1, 0.15) is 19.3 Å². The summed E-state index contributed by atoms with van der Waals surface area (Å²) in [4.78, 5) is 10.2. The number of halogens is 1. The van der Waals surface area contributed by atoms with Crippen molar-refractivity contribution in [3.8, 4) is 0 Å². The van der Waals surface area contributed by atoms with Crippen molar-refractivity contribution < 1.29 is 9.90 Å². The maximum atomic E-state index is 10.2. The van der Waals surface area contributed by atoms with Gasteiger partial charge in [-0.1, -0.05) is 12.2 Å². The first-order valence-electron chi connectivity index (χ1n) is 3.83. The molecule has 0 aromatic carbocycles. The van der Waals surface area contributed by atoms with E-state index in [0.717, 1.165) is 12.8 Å². The Hall–Kier alpha value is -0.600. The summed E-state index contributed by atoms with van der Waals surface area (Å²) < 4.78 is 0. The standard InChI is InChI=1S/C9H13ClO2/c1-2-8(11)6-4-3-5-7-9(10)12/h2,5,7-8,11H,1,3-4,6H2/b7-5+/t8-/m0/s1. The fourth-order valence-electron chi connectivity index (χ4n) is 0.739. The van der Waals surface area contributed by atoms with Crippen LogP contribution in [0.2, 0.25) is 0 Å². The van der Waals surface area contributed by atoms with Gasteiger partial charge in [0.15, 0.2) is 0 Å². The van der Waals surface area contributed by atoms with Gasteiger partial charge in [-0.25, -0.2) is 0 Å². The summed E-state index contributed by atoms with van der Waals surface area (Å²) in [7, 11) is 0. The second kappa shape index (κ2) is 7.07. The normalized spacial score (nSPS) is 13.2. The first-order valence-corrected chi connectivity index (χ1v) is 4.21. The third-order valence-corrected chi connectivity index (χ3v) is 1.52. The average molecular weight is 189 g/mol. The predicted molar refractivity (Wildman–Crippen MR) is 50.1 cm³/mol. The molecular weight excluding hydrogens is 176 g/mol. The van der Waals surface area contributed by atoms with E-state index in [-0.39, 0.29) is 0 Å². The molecule has 0 bridgehead atoms. The molecule has 0 unspecified atom stereocenters. The predicted octanol–water partition coefficient (Wildman–Crippen LogP) is 2.03. The third-order valence-electron chi connectivity index (χ3n) is 1.39. The molecule has 0 aliphatic rings. The Morgan fingerprint density at radius 1 is 1.67 bits per heavy atom. The van der Waals surface area contributed by atoms with Gasteiger partial charge in [0.25, 0.3) is 0 Å². The van der Waals surface area contributed by atoms with Crippen LogP contribution in [0.4, 0.5) is 0 Å². The van der Waals surface area contributed by atoms with Crippen molar-refractivity contribution in [3.63, 3.8) is 0 Å². The molecule has 0 fully saturated rings. The number of hydrogen-bond acceptors (Lipinski definition) is 2. The number of hydrogen-bond donors (Lipinski definition) is 1. The lowest BCUT2D eigenvalue weighted by Gasteiger charge is -2.01. The quantitative estimate of drug-likeness (QED) is 0.300. The van der Waals surface area contributed by atoms with Gasteiger partial charge in [0.2, 0.25) is 5.24 Å². The molecule has 0 spiro atoms. The van der Waals surface area contributed by atoms with E-state index in [1.165, 1.54) is 12.2 Å². The Kier molecular flexibility index (Phi) is 6.72. The molecule has 1 atom stereocenters. The summed E-state index contributed by atoms with van der Waals surface area (Å²) in [6, 6.07) is 0. The number of carbonyl (C=O) groups excluding carboxylic acids is 1. The van der Waals surface area contributed by atoms with Crippen LogP contribution in [0, 0.1) is 0 Å². The Bertz CT molecular complexity index is 175. The van der Waals surface area contributed by atoms with E-state index >= 15 is 0 Å². The van der Waals surface area contributed by atoms with Gasteiger partial charge in [-0.05, 0) is 36.9 Å². The minimum Gasteiger partial charge on any atom is -0.389 e. The van der Waals surface area contributed by atoms with Gasteiger partial charge in [0, 0.05) is 0 Å². The van der Waals surface area contributed by atoms with Gasteiger partial charge in [0.05, 0.1) is 6.10 Å². The molecule has 0 saturated heterocycles. The van der Waals surface area contributed by atoms with E-state index in [1.54, 1.807) is 6.08 Å². The van der Waals surface area contributed by atoms with Gasteiger partial charge >= 0.3 is 0 Å². The Balaban J connectivity index is 3.32. The molecule has 0 aliphatic carbocycles.